The van der Waals surface area contributed by atoms with E-state index in [4.69, 9.17) is 14.2 Å². The van der Waals surface area contributed by atoms with E-state index in [1.807, 2.05) is 30.3 Å². The Kier molecular flexibility index (Phi) is 6.59. The largest absolute Gasteiger partial charge is 0.488 e. The molecule has 0 radical (unpaired) electrons. The van der Waals surface area contributed by atoms with Crippen LogP contribution in [0.15, 0.2) is 78.9 Å². The van der Waals surface area contributed by atoms with Crippen LogP contribution in [0.25, 0.3) is 10.9 Å². The number of halogens is 1. The number of para-hydroxylation sites is 1. The summed E-state index contributed by atoms with van der Waals surface area (Å²) in [5, 5.41) is 0.337. The van der Waals surface area contributed by atoms with Gasteiger partial charge in [0.25, 0.3) is 0 Å². The lowest BCUT2D eigenvalue weighted by Crippen LogP contribution is -2.14. The number of methoxy groups -OCH3 is 1. The molecule has 0 N–H and O–H groups in total. The first kappa shape index (κ1) is 22.0. The first-order valence-corrected chi connectivity index (χ1v) is 10.2. The van der Waals surface area contributed by atoms with Crippen LogP contribution in [-0.4, -0.2) is 30.5 Å². The van der Waals surface area contributed by atoms with Crippen LogP contribution in [0.4, 0.5) is 4.39 Å². The summed E-state index contributed by atoms with van der Waals surface area (Å²) in [6.45, 7) is -0.0370. The molecule has 0 amide bonds. The van der Waals surface area contributed by atoms with E-state index >= 15 is 0 Å². The molecule has 0 bridgehead atoms. The van der Waals surface area contributed by atoms with Crippen molar-refractivity contribution < 1.29 is 28.2 Å². The topological polar surface area (TPSA) is 74.7 Å². The van der Waals surface area contributed by atoms with Crippen molar-refractivity contribution in [1.29, 1.82) is 0 Å². The average molecular weight is 445 g/mol. The summed E-state index contributed by atoms with van der Waals surface area (Å²) in [4.78, 5) is 29.1. The normalized spacial score (nSPS) is 10.6. The van der Waals surface area contributed by atoms with Gasteiger partial charge in [0.1, 0.15) is 23.9 Å². The molecule has 6 nitrogen and oxygen atoms in total. The van der Waals surface area contributed by atoms with Gasteiger partial charge in [-0.15, -0.1) is 0 Å². The molecule has 4 aromatic rings. The van der Waals surface area contributed by atoms with E-state index in [0.717, 1.165) is 5.56 Å². The van der Waals surface area contributed by atoms with Gasteiger partial charge in [0.15, 0.2) is 12.3 Å². The summed E-state index contributed by atoms with van der Waals surface area (Å²) in [7, 11) is 1.23. The van der Waals surface area contributed by atoms with E-state index < -0.39 is 11.8 Å². The van der Waals surface area contributed by atoms with Gasteiger partial charge in [-0.3, -0.25) is 4.79 Å². The minimum Gasteiger partial charge on any atom is -0.488 e. The smallest absolute Gasteiger partial charge is 0.356 e. The van der Waals surface area contributed by atoms with Crippen molar-refractivity contribution in [2.24, 2.45) is 0 Å². The quantitative estimate of drug-likeness (QED) is 0.281. The zero-order chi connectivity index (χ0) is 23.2. The third-order valence-corrected chi connectivity index (χ3v) is 4.91. The Hall–Kier alpha value is -4.26. The molecule has 0 atom stereocenters. The van der Waals surface area contributed by atoms with E-state index in [-0.39, 0.29) is 23.8 Å². The maximum absolute atomic E-state index is 13.8. The first-order chi connectivity index (χ1) is 16.0. The fourth-order valence-electron chi connectivity index (χ4n) is 3.27. The van der Waals surface area contributed by atoms with Crippen LogP contribution in [0, 0.1) is 5.82 Å². The number of carbonyl (C=O) groups is 2. The highest BCUT2D eigenvalue weighted by Gasteiger charge is 2.17. The zero-order valence-corrected chi connectivity index (χ0v) is 17.8. The molecular formula is C26H20FNO5. The first-order valence-electron chi connectivity index (χ1n) is 10.2. The van der Waals surface area contributed by atoms with E-state index in [1.54, 1.807) is 24.3 Å². The van der Waals surface area contributed by atoms with E-state index in [9.17, 15) is 14.0 Å². The number of nitrogens with zero attached hydrogens (tertiary/aromatic N) is 1. The monoisotopic (exact) mass is 445 g/mol. The molecule has 0 fully saturated rings. The molecule has 166 valence electrons. The van der Waals surface area contributed by atoms with E-state index in [0.29, 0.717) is 28.8 Å². The second kappa shape index (κ2) is 9.91. The Morgan fingerprint density at radius 3 is 2.42 bits per heavy atom. The maximum Gasteiger partial charge on any atom is 0.356 e. The summed E-state index contributed by atoms with van der Waals surface area (Å²) in [6.07, 6.45) is 0. The molecule has 0 saturated heterocycles. The summed E-state index contributed by atoms with van der Waals surface area (Å²) in [5.41, 5.74) is 1.65. The predicted molar refractivity (Wildman–Crippen MR) is 120 cm³/mol. The second-order valence-corrected chi connectivity index (χ2v) is 7.14. The van der Waals surface area contributed by atoms with Gasteiger partial charge in [0.05, 0.1) is 18.2 Å². The van der Waals surface area contributed by atoms with Crippen LogP contribution < -0.4 is 9.47 Å². The lowest BCUT2D eigenvalue weighted by atomic mass is 10.1. The highest BCUT2D eigenvalue weighted by atomic mass is 19.1. The number of carbonyl (C=O) groups excluding carboxylic acids is 2. The van der Waals surface area contributed by atoms with Gasteiger partial charge < -0.3 is 14.2 Å². The molecule has 0 saturated carbocycles. The summed E-state index contributed by atoms with van der Waals surface area (Å²) in [6, 6.07) is 21.7. The third-order valence-electron chi connectivity index (χ3n) is 4.91. The number of rotatable bonds is 8. The Morgan fingerprint density at radius 1 is 0.879 bits per heavy atom. The molecule has 0 aliphatic heterocycles. The molecule has 1 aromatic heterocycles. The molecule has 0 spiro atoms. The number of pyridine rings is 1. The fraction of sp³-hybridized carbons (Fsp3) is 0.115. The van der Waals surface area contributed by atoms with Crippen LogP contribution in [0.5, 0.6) is 11.5 Å². The fourth-order valence-corrected chi connectivity index (χ4v) is 3.27. The standard InChI is InChI=1S/C26H20FNO5/c1-31-26(30)22-14-25(20-13-18(27)11-12-21(20)28-22)33-16-23(29)19-9-5-6-10-24(19)32-15-17-7-3-2-4-8-17/h2-14H,15-16H2,1H3. The lowest BCUT2D eigenvalue weighted by molar-refractivity contribution is 0.0594. The van der Waals surface area contributed by atoms with Crippen LogP contribution in [0.2, 0.25) is 0 Å². The van der Waals surface area contributed by atoms with Gasteiger partial charge in [-0.05, 0) is 35.9 Å². The number of hydrogen-bond acceptors (Lipinski definition) is 6. The van der Waals surface area contributed by atoms with Crippen molar-refractivity contribution in [3.63, 3.8) is 0 Å². The minimum atomic E-state index is -0.669. The third kappa shape index (κ3) is 5.15. The highest BCUT2D eigenvalue weighted by molar-refractivity contribution is 6.00. The molecule has 7 heteroatoms. The number of fused-ring (bicyclic) bond motifs is 1. The Labute approximate surface area is 189 Å². The number of hydrogen-bond donors (Lipinski definition) is 0. The Morgan fingerprint density at radius 2 is 1.64 bits per heavy atom. The minimum absolute atomic E-state index is 0.00866. The van der Waals surface area contributed by atoms with E-state index in [1.165, 1.54) is 31.4 Å². The van der Waals surface area contributed by atoms with Crippen LogP contribution in [-0.2, 0) is 11.3 Å². The Bertz CT molecular complexity index is 1310. The second-order valence-electron chi connectivity index (χ2n) is 7.14. The molecule has 0 unspecified atom stereocenters. The van der Waals surface area contributed by atoms with Crippen molar-refractivity contribution in [2.75, 3.05) is 13.7 Å². The van der Waals surface area contributed by atoms with Gasteiger partial charge in [-0.2, -0.15) is 0 Å². The van der Waals surface area contributed by atoms with Crippen molar-refractivity contribution in [3.05, 3.63) is 102 Å². The van der Waals surface area contributed by atoms with Gasteiger partial charge in [-0.25, -0.2) is 14.2 Å². The van der Waals surface area contributed by atoms with Gasteiger partial charge >= 0.3 is 5.97 Å². The molecule has 3 aromatic carbocycles. The highest BCUT2D eigenvalue weighted by Crippen LogP contribution is 2.28. The number of aromatic nitrogens is 1. The molecule has 4 rings (SSSR count). The van der Waals surface area contributed by atoms with Crippen molar-refractivity contribution >= 4 is 22.7 Å². The predicted octanol–water partition coefficient (Wildman–Crippen LogP) is 5.00. The zero-order valence-electron chi connectivity index (χ0n) is 17.8. The number of Topliss-reactive ketones (excluding diaryl/α,β-unsaturated/α-hetero) is 1. The summed E-state index contributed by atoms with van der Waals surface area (Å²) < 4.78 is 30.1. The molecule has 0 aliphatic carbocycles. The van der Waals surface area contributed by atoms with Gasteiger partial charge in [-0.1, -0.05) is 42.5 Å². The summed E-state index contributed by atoms with van der Waals surface area (Å²) >= 11 is 0. The molecular weight excluding hydrogens is 425 g/mol. The molecule has 33 heavy (non-hydrogen) atoms. The van der Waals surface area contributed by atoms with Crippen LogP contribution >= 0.6 is 0 Å². The number of ketones is 1. The average Bonchev–Trinajstić information content (AvgIpc) is 2.86. The number of ether oxygens (including phenoxy) is 3. The SMILES string of the molecule is COC(=O)c1cc(OCC(=O)c2ccccc2OCc2ccccc2)c2cc(F)ccc2n1. The van der Waals surface area contributed by atoms with E-state index in [2.05, 4.69) is 4.98 Å². The number of esters is 1. The molecule has 0 aliphatic rings. The van der Waals surface area contributed by atoms with Crippen molar-refractivity contribution in [2.45, 2.75) is 6.61 Å². The maximum atomic E-state index is 13.8. The molecule has 1 heterocycles. The van der Waals surface area contributed by atoms with Crippen molar-refractivity contribution in [3.8, 4) is 11.5 Å². The van der Waals surface area contributed by atoms with Crippen LogP contribution in [0.3, 0.4) is 0 Å². The lowest BCUT2D eigenvalue weighted by Gasteiger charge is -2.13. The van der Waals surface area contributed by atoms with Gasteiger partial charge in [0.2, 0.25) is 5.78 Å². The van der Waals surface area contributed by atoms with Crippen LogP contribution in [0.1, 0.15) is 26.4 Å². The van der Waals surface area contributed by atoms with Gasteiger partial charge in [0, 0.05) is 11.5 Å². The Balaban J connectivity index is 1.56. The summed E-state index contributed by atoms with van der Waals surface area (Å²) in [5.74, 6) is -0.922. The number of benzene rings is 3. The van der Waals surface area contributed by atoms with Crippen molar-refractivity contribution in [1.82, 2.24) is 4.98 Å².